The summed E-state index contributed by atoms with van der Waals surface area (Å²) in [5.74, 6) is 1.11. The van der Waals surface area contributed by atoms with Gasteiger partial charge < -0.3 is 20.9 Å². The fourth-order valence-corrected chi connectivity index (χ4v) is 5.33. The van der Waals surface area contributed by atoms with Crippen molar-refractivity contribution in [3.05, 3.63) is 136 Å². The monoisotopic (exact) mass is 508 g/mol. The van der Waals surface area contributed by atoms with Crippen molar-refractivity contribution in [3.63, 3.8) is 0 Å². The smallest absolute Gasteiger partial charge is 0.133 e. The van der Waals surface area contributed by atoms with Crippen LogP contribution in [0.15, 0.2) is 119 Å². The molecule has 0 spiro atoms. The first kappa shape index (κ1) is 20.9. The lowest BCUT2D eigenvalue weighted by Crippen LogP contribution is -2.34. The molecule has 0 aromatic heterocycles. The molecular formula is C29H25BrN4. The predicted molar refractivity (Wildman–Crippen MR) is 144 cm³/mol. The molecule has 0 bridgehead atoms. The molecule has 168 valence electrons. The summed E-state index contributed by atoms with van der Waals surface area (Å²) in [5, 5.41) is 10.8. The molecule has 0 aliphatic carbocycles. The zero-order valence-electron chi connectivity index (χ0n) is 18.6. The van der Waals surface area contributed by atoms with E-state index in [0.717, 1.165) is 34.8 Å². The minimum Gasteiger partial charge on any atom is -0.387 e. The maximum atomic E-state index is 3.86. The predicted octanol–water partition coefficient (Wildman–Crippen LogP) is 5.91. The van der Waals surface area contributed by atoms with Crippen LogP contribution in [0.5, 0.6) is 0 Å². The molecule has 0 saturated heterocycles. The SMILES string of the molecule is Brc1cc(C2=CNCC=C2)cc(C2NC3=C(NCC=C3c3ccccc3)N2c2ccccc2)c1. The largest absolute Gasteiger partial charge is 0.387 e. The minimum absolute atomic E-state index is 0.0532. The van der Waals surface area contributed by atoms with Gasteiger partial charge in [0.15, 0.2) is 0 Å². The number of nitrogens with one attached hydrogen (secondary N) is 3. The van der Waals surface area contributed by atoms with Gasteiger partial charge in [-0.05, 0) is 52.6 Å². The van der Waals surface area contributed by atoms with Crippen molar-refractivity contribution in [2.75, 3.05) is 18.0 Å². The van der Waals surface area contributed by atoms with Crippen LogP contribution in [0.25, 0.3) is 11.1 Å². The number of halogens is 1. The van der Waals surface area contributed by atoms with Crippen molar-refractivity contribution >= 4 is 32.8 Å². The molecule has 1 atom stereocenters. The highest BCUT2D eigenvalue weighted by Crippen LogP contribution is 2.41. The van der Waals surface area contributed by atoms with Crippen LogP contribution in [-0.4, -0.2) is 13.1 Å². The molecule has 3 aliphatic rings. The van der Waals surface area contributed by atoms with Crippen molar-refractivity contribution in [1.29, 1.82) is 0 Å². The highest BCUT2D eigenvalue weighted by atomic mass is 79.9. The quantitative estimate of drug-likeness (QED) is 0.409. The van der Waals surface area contributed by atoms with Crippen molar-refractivity contribution in [3.8, 4) is 0 Å². The second-order valence-electron chi connectivity index (χ2n) is 8.52. The Morgan fingerprint density at radius 1 is 0.853 bits per heavy atom. The third-order valence-corrected chi connectivity index (χ3v) is 6.80. The normalized spacial score (nSPS) is 19.0. The molecule has 3 aromatic carbocycles. The number of hydrogen-bond donors (Lipinski definition) is 3. The van der Waals surface area contributed by atoms with Gasteiger partial charge in [-0.1, -0.05) is 82.7 Å². The Labute approximate surface area is 208 Å². The van der Waals surface area contributed by atoms with Gasteiger partial charge in [-0.15, -0.1) is 0 Å². The van der Waals surface area contributed by atoms with Crippen LogP contribution in [0.2, 0.25) is 0 Å². The van der Waals surface area contributed by atoms with E-state index in [4.69, 9.17) is 0 Å². The summed E-state index contributed by atoms with van der Waals surface area (Å²) < 4.78 is 1.06. The van der Waals surface area contributed by atoms with E-state index in [1.165, 1.54) is 27.8 Å². The van der Waals surface area contributed by atoms with Crippen LogP contribution in [0.4, 0.5) is 5.69 Å². The number of dihydropyridines is 2. The third-order valence-electron chi connectivity index (χ3n) is 6.34. The number of benzene rings is 3. The summed E-state index contributed by atoms with van der Waals surface area (Å²) >= 11 is 3.77. The van der Waals surface area contributed by atoms with Crippen molar-refractivity contribution in [2.45, 2.75) is 6.17 Å². The first-order valence-corrected chi connectivity index (χ1v) is 12.3. The fraction of sp³-hybridized carbons (Fsp3) is 0.103. The van der Waals surface area contributed by atoms with Gasteiger partial charge in [0.2, 0.25) is 0 Å². The minimum atomic E-state index is -0.0532. The van der Waals surface area contributed by atoms with Gasteiger partial charge in [-0.2, -0.15) is 0 Å². The first-order valence-electron chi connectivity index (χ1n) is 11.5. The van der Waals surface area contributed by atoms with Crippen LogP contribution < -0.4 is 20.9 Å². The highest BCUT2D eigenvalue weighted by Gasteiger charge is 2.36. The molecule has 3 aliphatic heterocycles. The summed E-state index contributed by atoms with van der Waals surface area (Å²) in [7, 11) is 0. The molecule has 3 N–H and O–H groups in total. The zero-order valence-corrected chi connectivity index (χ0v) is 20.2. The van der Waals surface area contributed by atoms with Crippen LogP contribution in [0, 0.1) is 0 Å². The Hall–Kier alpha value is -3.70. The molecule has 4 nitrogen and oxygen atoms in total. The molecule has 0 saturated carbocycles. The summed E-state index contributed by atoms with van der Waals surface area (Å²) in [5.41, 5.74) is 8.28. The van der Waals surface area contributed by atoms with Crippen molar-refractivity contribution in [1.82, 2.24) is 16.0 Å². The number of anilines is 1. The van der Waals surface area contributed by atoms with E-state index in [1.807, 2.05) is 0 Å². The summed E-state index contributed by atoms with van der Waals surface area (Å²) in [6.07, 6.45) is 8.63. The summed E-state index contributed by atoms with van der Waals surface area (Å²) in [6, 6.07) is 27.9. The molecule has 6 rings (SSSR count). The van der Waals surface area contributed by atoms with Gasteiger partial charge in [0.1, 0.15) is 12.0 Å². The number of hydrogen-bond acceptors (Lipinski definition) is 4. The van der Waals surface area contributed by atoms with E-state index in [1.54, 1.807) is 0 Å². The lowest BCUT2D eigenvalue weighted by atomic mass is 10.00. The second kappa shape index (κ2) is 8.92. The van der Waals surface area contributed by atoms with Gasteiger partial charge in [-0.25, -0.2) is 0 Å². The van der Waals surface area contributed by atoms with E-state index in [2.05, 4.69) is 140 Å². The topological polar surface area (TPSA) is 39.3 Å². The third kappa shape index (κ3) is 3.82. The Bertz CT molecular complexity index is 1340. The summed E-state index contributed by atoms with van der Waals surface area (Å²) in [4.78, 5) is 2.38. The first-order chi connectivity index (χ1) is 16.8. The molecule has 0 radical (unpaired) electrons. The lowest BCUT2D eigenvalue weighted by Gasteiger charge is -2.30. The molecule has 3 aromatic rings. The Balaban J connectivity index is 1.46. The van der Waals surface area contributed by atoms with E-state index in [-0.39, 0.29) is 6.17 Å². The lowest BCUT2D eigenvalue weighted by molar-refractivity contribution is 0.642. The molecule has 5 heteroatoms. The highest BCUT2D eigenvalue weighted by molar-refractivity contribution is 9.10. The fourth-order valence-electron chi connectivity index (χ4n) is 4.82. The van der Waals surface area contributed by atoms with Crippen molar-refractivity contribution in [2.24, 2.45) is 0 Å². The number of allylic oxidation sites excluding steroid dienone is 3. The maximum absolute atomic E-state index is 3.86. The molecule has 0 fully saturated rings. The average Bonchev–Trinajstić information content (AvgIpc) is 3.30. The Morgan fingerprint density at radius 2 is 1.65 bits per heavy atom. The van der Waals surface area contributed by atoms with E-state index < -0.39 is 0 Å². The average molecular weight is 509 g/mol. The molecule has 1 unspecified atom stereocenters. The Morgan fingerprint density at radius 3 is 2.41 bits per heavy atom. The molecule has 34 heavy (non-hydrogen) atoms. The molecular weight excluding hydrogens is 484 g/mol. The number of rotatable bonds is 4. The van der Waals surface area contributed by atoms with E-state index in [9.17, 15) is 0 Å². The maximum Gasteiger partial charge on any atom is 0.133 e. The zero-order chi connectivity index (χ0) is 22.9. The number of nitrogens with zero attached hydrogens (tertiary/aromatic N) is 1. The number of para-hydroxylation sites is 1. The molecule has 0 amide bonds. The standard InChI is InChI=1S/C29H25BrN4/c30-24-17-22(21-10-7-14-31-19-21)16-23(18-24)28-33-27-26(20-8-3-1-4-9-20)13-15-32-29(27)34(28)25-11-5-2-6-12-25/h1-13,16-19,28,31-33H,14-15H2. The van der Waals surface area contributed by atoms with E-state index >= 15 is 0 Å². The second-order valence-corrected chi connectivity index (χ2v) is 9.44. The van der Waals surface area contributed by atoms with Gasteiger partial charge in [0.25, 0.3) is 0 Å². The van der Waals surface area contributed by atoms with E-state index in [0.29, 0.717) is 0 Å². The van der Waals surface area contributed by atoms with Crippen LogP contribution in [0.3, 0.4) is 0 Å². The van der Waals surface area contributed by atoms with Gasteiger partial charge in [0, 0.05) is 35.0 Å². The van der Waals surface area contributed by atoms with Crippen LogP contribution >= 0.6 is 15.9 Å². The van der Waals surface area contributed by atoms with Crippen LogP contribution in [-0.2, 0) is 0 Å². The molecule has 3 heterocycles. The van der Waals surface area contributed by atoms with Crippen LogP contribution in [0.1, 0.15) is 22.9 Å². The van der Waals surface area contributed by atoms with Gasteiger partial charge in [0.05, 0.1) is 5.70 Å². The van der Waals surface area contributed by atoms with Gasteiger partial charge >= 0.3 is 0 Å². The Kier molecular flexibility index (Phi) is 5.47. The van der Waals surface area contributed by atoms with Gasteiger partial charge in [-0.3, -0.25) is 0 Å². The van der Waals surface area contributed by atoms with Crippen molar-refractivity contribution < 1.29 is 0 Å². The summed E-state index contributed by atoms with van der Waals surface area (Å²) in [6.45, 7) is 1.65.